The monoisotopic (exact) mass is 588 g/mol. The van der Waals surface area contributed by atoms with Crippen molar-refractivity contribution in [3.63, 3.8) is 0 Å². The summed E-state index contributed by atoms with van der Waals surface area (Å²) in [5.41, 5.74) is 4.79. The molecule has 0 saturated heterocycles. The smallest absolute Gasteiger partial charge is 0.166 e. The van der Waals surface area contributed by atoms with Gasteiger partial charge in [-0.05, 0) is 71.9 Å². The highest BCUT2D eigenvalue weighted by Crippen LogP contribution is 2.36. The summed E-state index contributed by atoms with van der Waals surface area (Å²) < 4.78 is 45.2. The first-order valence-corrected chi connectivity index (χ1v) is 17.1. The molecule has 0 bridgehead atoms. The first-order valence-electron chi connectivity index (χ1n) is 17.1. The van der Waals surface area contributed by atoms with Crippen LogP contribution in [0.4, 0.5) is 13.2 Å². The topological polar surface area (TPSA) is 0 Å². The van der Waals surface area contributed by atoms with E-state index in [0.717, 1.165) is 61.1 Å². The zero-order chi connectivity index (χ0) is 30.4. The average Bonchev–Trinajstić information content (AvgIpc) is 3.03. The number of halogens is 3. The molecule has 0 N–H and O–H groups in total. The fourth-order valence-electron chi connectivity index (χ4n) is 6.51. The van der Waals surface area contributed by atoms with E-state index < -0.39 is 11.6 Å². The van der Waals surface area contributed by atoms with Crippen molar-refractivity contribution >= 4 is 5.57 Å². The van der Waals surface area contributed by atoms with Crippen LogP contribution in [0.25, 0.3) is 27.8 Å². The van der Waals surface area contributed by atoms with Gasteiger partial charge in [0.15, 0.2) is 11.6 Å². The van der Waals surface area contributed by atoms with Gasteiger partial charge in [0, 0.05) is 11.1 Å². The van der Waals surface area contributed by atoms with Gasteiger partial charge in [-0.2, -0.15) is 0 Å². The Balaban J connectivity index is 1.34. The van der Waals surface area contributed by atoms with Crippen molar-refractivity contribution in [2.75, 3.05) is 0 Å². The Labute approximate surface area is 258 Å². The standard InChI is InChI=1S/C40H51F3/c1-3-5-7-9-10-12-14-16-34-25-28-37(40(43)39(34)42)33-23-21-31(22-24-33)35-26-27-36(38(41)29-35)32-19-17-30(18-20-32)15-13-11-8-6-4-2/h19,21-30H,3-18,20H2,1-2H3. The molecular formula is C40H51F3. The molecule has 1 atom stereocenters. The van der Waals surface area contributed by atoms with Crippen LogP contribution in [0.3, 0.4) is 0 Å². The fraction of sp³-hybridized carbons (Fsp3) is 0.500. The molecule has 0 spiro atoms. The van der Waals surface area contributed by atoms with E-state index in [4.69, 9.17) is 0 Å². The summed E-state index contributed by atoms with van der Waals surface area (Å²) in [5, 5.41) is 0. The van der Waals surface area contributed by atoms with E-state index >= 15 is 8.78 Å². The number of aryl methyl sites for hydroxylation is 1. The Morgan fingerprint density at radius 1 is 0.605 bits per heavy atom. The van der Waals surface area contributed by atoms with Gasteiger partial charge in [-0.15, -0.1) is 0 Å². The van der Waals surface area contributed by atoms with E-state index in [-0.39, 0.29) is 11.4 Å². The second kappa shape index (κ2) is 17.5. The number of unbranched alkanes of at least 4 members (excludes halogenated alkanes) is 10. The maximum atomic E-state index is 15.3. The van der Waals surface area contributed by atoms with E-state index in [1.165, 1.54) is 64.2 Å². The van der Waals surface area contributed by atoms with Gasteiger partial charge in [0.2, 0.25) is 0 Å². The third-order valence-electron chi connectivity index (χ3n) is 9.29. The Hall–Kier alpha value is -2.81. The average molecular weight is 589 g/mol. The summed E-state index contributed by atoms with van der Waals surface area (Å²) in [7, 11) is 0. The van der Waals surface area contributed by atoms with Gasteiger partial charge < -0.3 is 0 Å². The predicted molar refractivity (Wildman–Crippen MR) is 178 cm³/mol. The molecule has 0 amide bonds. The first kappa shape index (κ1) is 33.1. The van der Waals surface area contributed by atoms with Crippen molar-refractivity contribution in [1.29, 1.82) is 0 Å². The van der Waals surface area contributed by atoms with E-state index in [2.05, 4.69) is 19.9 Å². The van der Waals surface area contributed by atoms with Crippen LogP contribution in [0.2, 0.25) is 0 Å². The zero-order valence-electron chi connectivity index (χ0n) is 26.5. The molecule has 232 valence electrons. The van der Waals surface area contributed by atoms with Crippen LogP contribution in [-0.4, -0.2) is 0 Å². The quantitative estimate of drug-likeness (QED) is 0.138. The van der Waals surface area contributed by atoms with Crippen LogP contribution in [0.1, 0.15) is 128 Å². The van der Waals surface area contributed by atoms with Crippen molar-refractivity contribution in [2.24, 2.45) is 5.92 Å². The first-order chi connectivity index (χ1) is 21.0. The summed E-state index contributed by atoms with van der Waals surface area (Å²) in [4.78, 5) is 0. The van der Waals surface area contributed by atoms with E-state index in [0.29, 0.717) is 23.1 Å². The third kappa shape index (κ3) is 9.59. The van der Waals surface area contributed by atoms with Gasteiger partial charge in [-0.3, -0.25) is 0 Å². The minimum absolute atomic E-state index is 0.199. The largest absolute Gasteiger partial charge is 0.206 e. The van der Waals surface area contributed by atoms with Crippen molar-refractivity contribution in [2.45, 2.75) is 123 Å². The molecule has 0 saturated carbocycles. The van der Waals surface area contributed by atoms with E-state index in [1.54, 1.807) is 30.3 Å². The molecule has 4 rings (SSSR count). The van der Waals surface area contributed by atoms with Gasteiger partial charge in [0.05, 0.1) is 0 Å². The molecule has 0 fully saturated rings. The van der Waals surface area contributed by atoms with Gasteiger partial charge >= 0.3 is 0 Å². The number of hydrogen-bond donors (Lipinski definition) is 0. The lowest BCUT2D eigenvalue weighted by Gasteiger charge is -2.22. The van der Waals surface area contributed by atoms with Gasteiger partial charge in [-0.1, -0.05) is 146 Å². The van der Waals surface area contributed by atoms with Gasteiger partial charge in [0.1, 0.15) is 5.82 Å². The molecular weight excluding hydrogens is 537 g/mol. The predicted octanol–water partition coefficient (Wildman–Crippen LogP) is 13.3. The molecule has 3 aromatic rings. The maximum absolute atomic E-state index is 15.3. The summed E-state index contributed by atoms with van der Waals surface area (Å²) >= 11 is 0. The van der Waals surface area contributed by atoms with E-state index in [1.807, 2.05) is 24.3 Å². The minimum Gasteiger partial charge on any atom is -0.206 e. The molecule has 0 nitrogen and oxygen atoms in total. The van der Waals surface area contributed by atoms with Gasteiger partial charge in [-0.25, -0.2) is 13.2 Å². The number of allylic oxidation sites excluding steroid dienone is 2. The molecule has 3 heteroatoms. The Bertz CT molecular complexity index is 1300. The second-order valence-electron chi connectivity index (χ2n) is 12.6. The molecule has 1 aliphatic carbocycles. The van der Waals surface area contributed by atoms with Crippen molar-refractivity contribution in [3.8, 4) is 22.3 Å². The number of hydrogen-bond acceptors (Lipinski definition) is 0. The fourth-order valence-corrected chi connectivity index (χ4v) is 6.51. The highest BCUT2D eigenvalue weighted by atomic mass is 19.2. The van der Waals surface area contributed by atoms with Crippen LogP contribution in [0, 0.1) is 23.4 Å². The summed E-state index contributed by atoms with van der Waals surface area (Å²) in [6.45, 7) is 4.45. The van der Waals surface area contributed by atoms with Gasteiger partial charge in [0.25, 0.3) is 0 Å². The molecule has 0 aromatic heterocycles. The number of rotatable bonds is 17. The third-order valence-corrected chi connectivity index (χ3v) is 9.29. The lowest BCUT2D eigenvalue weighted by molar-refractivity contribution is 0.423. The lowest BCUT2D eigenvalue weighted by atomic mass is 9.83. The molecule has 0 aliphatic heterocycles. The Morgan fingerprint density at radius 3 is 1.86 bits per heavy atom. The van der Waals surface area contributed by atoms with Crippen molar-refractivity contribution in [3.05, 3.63) is 89.3 Å². The van der Waals surface area contributed by atoms with Crippen LogP contribution >= 0.6 is 0 Å². The van der Waals surface area contributed by atoms with Crippen molar-refractivity contribution < 1.29 is 13.2 Å². The van der Waals surface area contributed by atoms with Crippen molar-refractivity contribution in [1.82, 2.24) is 0 Å². The summed E-state index contributed by atoms with van der Waals surface area (Å²) in [6, 6.07) is 16.2. The Morgan fingerprint density at radius 2 is 1.21 bits per heavy atom. The van der Waals surface area contributed by atoms with E-state index in [9.17, 15) is 4.39 Å². The van der Waals surface area contributed by atoms with Crippen LogP contribution in [-0.2, 0) is 6.42 Å². The van der Waals surface area contributed by atoms with Crippen LogP contribution < -0.4 is 0 Å². The SMILES string of the molecule is CCCCCCCCCc1ccc(-c2ccc(-c3ccc(C4=CCC(CCCCCCC)CC4)c(F)c3)cc2)c(F)c1F. The molecule has 0 radical (unpaired) electrons. The molecule has 43 heavy (non-hydrogen) atoms. The molecule has 3 aromatic carbocycles. The molecule has 1 unspecified atom stereocenters. The maximum Gasteiger partial charge on any atom is 0.166 e. The highest BCUT2D eigenvalue weighted by Gasteiger charge is 2.18. The molecule has 1 aliphatic rings. The van der Waals surface area contributed by atoms with Crippen LogP contribution in [0.5, 0.6) is 0 Å². The van der Waals surface area contributed by atoms with Crippen LogP contribution in [0.15, 0.2) is 60.7 Å². The normalized spacial score (nSPS) is 15.1. The number of benzene rings is 3. The summed E-state index contributed by atoms with van der Waals surface area (Å²) in [5.74, 6) is -0.995. The zero-order valence-corrected chi connectivity index (χ0v) is 26.5. The minimum atomic E-state index is -0.789. The lowest BCUT2D eigenvalue weighted by Crippen LogP contribution is -2.06. The Kier molecular flexibility index (Phi) is 13.4. The highest BCUT2D eigenvalue weighted by molar-refractivity contribution is 5.74. The second-order valence-corrected chi connectivity index (χ2v) is 12.6. The summed E-state index contributed by atoms with van der Waals surface area (Å²) in [6.07, 6.45) is 21.8. The molecule has 0 heterocycles.